The lowest BCUT2D eigenvalue weighted by molar-refractivity contribution is 0.623. The zero-order valence-electron chi connectivity index (χ0n) is 6.78. The normalized spacial score (nSPS) is 10.2. The lowest BCUT2D eigenvalue weighted by atomic mass is 10.1. The predicted molar refractivity (Wildman–Crippen MR) is 50.5 cm³/mol. The molecule has 0 bridgehead atoms. The third-order valence-corrected chi connectivity index (χ3v) is 2.30. The summed E-state index contributed by atoms with van der Waals surface area (Å²) in [6.45, 7) is 5.41. The minimum absolute atomic E-state index is 0.171. The summed E-state index contributed by atoms with van der Waals surface area (Å²) in [4.78, 5) is 0.171. The zero-order valence-corrected chi connectivity index (χ0v) is 7.67. The molecule has 0 spiro atoms. The molecule has 0 aromatic heterocycles. The second-order valence-corrected chi connectivity index (χ2v) is 3.62. The number of aryl methyl sites for hydroxylation is 1. The Morgan fingerprint density at radius 3 is 2.17 bits per heavy atom. The zero-order chi connectivity index (χ0) is 9.14. The molecule has 0 atom stereocenters. The molecular weight excluding hydrogens is 172 g/mol. The van der Waals surface area contributed by atoms with Gasteiger partial charge in [-0.15, -0.1) is 0 Å². The van der Waals surface area contributed by atoms with Crippen molar-refractivity contribution >= 4 is 15.6 Å². The Kier molecular flexibility index (Phi) is 2.65. The van der Waals surface area contributed by atoms with Gasteiger partial charge in [0.15, 0.2) is 10.7 Å². The van der Waals surface area contributed by atoms with Crippen LogP contribution in [0.1, 0.15) is 11.1 Å². The third kappa shape index (κ3) is 1.95. The molecule has 1 aromatic carbocycles. The van der Waals surface area contributed by atoms with Crippen molar-refractivity contribution in [2.75, 3.05) is 0 Å². The van der Waals surface area contributed by atoms with Gasteiger partial charge in [0.2, 0.25) is 0 Å². The average molecular weight is 182 g/mol. The predicted octanol–water partition coefficient (Wildman–Crippen LogP) is 1.58. The van der Waals surface area contributed by atoms with Gasteiger partial charge in [0, 0.05) is 0 Å². The van der Waals surface area contributed by atoms with Gasteiger partial charge in [0.05, 0.1) is 4.91 Å². The van der Waals surface area contributed by atoms with Crippen molar-refractivity contribution < 1.29 is 8.42 Å². The molecule has 0 aliphatic rings. The number of benzene rings is 1. The van der Waals surface area contributed by atoms with Gasteiger partial charge in [-0.2, -0.15) is 0 Å². The molecule has 0 aliphatic carbocycles. The van der Waals surface area contributed by atoms with E-state index in [1.54, 1.807) is 12.1 Å². The molecule has 0 fully saturated rings. The summed E-state index contributed by atoms with van der Waals surface area (Å²) in [7, 11) is -2.54. The van der Waals surface area contributed by atoms with E-state index in [1.165, 1.54) is 0 Å². The molecule has 3 heteroatoms. The van der Waals surface area contributed by atoms with Crippen LogP contribution in [0.4, 0.5) is 0 Å². The van der Waals surface area contributed by atoms with E-state index in [4.69, 9.17) is 0 Å². The summed E-state index contributed by atoms with van der Waals surface area (Å²) in [5.74, 6) is 0. The maximum Gasteiger partial charge on any atom is 0.168 e. The summed E-state index contributed by atoms with van der Waals surface area (Å²) < 4.78 is 21.0. The Labute approximate surface area is 73.5 Å². The van der Waals surface area contributed by atoms with Gasteiger partial charge in [0.25, 0.3) is 0 Å². The van der Waals surface area contributed by atoms with Crippen LogP contribution in [0, 0.1) is 6.92 Å². The monoisotopic (exact) mass is 182 g/mol. The van der Waals surface area contributed by atoms with Crippen molar-refractivity contribution in [3.05, 3.63) is 42.0 Å². The van der Waals surface area contributed by atoms with E-state index >= 15 is 0 Å². The van der Waals surface area contributed by atoms with Crippen molar-refractivity contribution in [2.24, 2.45) is 0 Å². The second kappa shape index (κ2) is 3.54. The molecule has 12 heavy (non-hydrogen) atoms. The van der Waals surface area contributed by atoms with E-state index in [-0.39, 0.29) is 4.91 Å². The highest BCUT2D eigenvalue weighted by molar-refractivity contribution is 7.82. The van der Waals surface area contributed by atoms with Crippen molar-refractivity contribution in [3.8, 4) is 0 Å². The quantitative estimate of drug-likeness (QED) is 0.704. The minimum Gasteiger partial charge on any atom is -0.227 e. The third-order valence-electron chi connectivity index (χ3n) is 1.61. The lowest BCUT2D eigenvalue weighted by Gasteiger charge is -1.97. The van der Waals surface area contributed by atoms with Crippen LogP contribution < -0.4 is 0 Å². The Hall–Kier alpha value is -1.09. The smallest absolute Gasteiger partial charge is 0.168 e. The maximum atomic E-state index is 10.5. The molecule has 0 unspecified atom stereocenters. The van der Waals surface area contributed by atoms with Gasteiger partial charge in [0.1, 0.15) is 0 Å². The van der Waals surface area contributed by atoms with Crippen LogP contribution in [-0.2, 0) is 10.7 Å². The number of hydrogen-bond acceptors (Lipinski definition) is 2. The molecule has 0 aliphatic heterocycles. The highest BCUT2D eigenvalue weighted by Gasteiger charge is 1.98. The van der Waals surface area contributed by atoms with Gasteiger partial charge >= 0.3 is 0 Å². The van der Waals surface area contributed by atoms with Crippen molar-refractivity contribution in [1.82, 2.24) is 0 Å². The maximum absolute atomic E-state index is 10.5. The lowest BCUT2D eigenvalue weighted by Crippen LogP contribution is -1.84. The molecule has 1 aromatic rings. The van der Waals surface area contributed by atoms with E-state index in [0.29, 0.717) is 5.56 Å². The Morgan fingerprint density at radius 2 is 1.75 bits per heavy atom. The minimum atomic E-state index is -2.54. The average Bonchev–Trinajstić information content (AvgIpc) is 2.04. The first kappa shape index (κ1) is 9.00. The van der Waals surface area contributed by atoms with Gasteiger partial charge in [-0.1, -0.05) is 36.4 Å². The van der Waals surface area contributed by atoms with Gasteiger partial charge in [-0.05, 0) is 12.5 Å². The highest BCUT2D eigenvalue weighted by atomic mass is 32.2. The summed E-state index contributed by atoms with van der Waals surface area (Å²) in [6, 6.07) is 7.23. The van der Waals surface area contributed by atoms with Crippen molar-refractivity contribution in [2.45, 2.75) is 6.92 Å². The van der Waals surface area contributed by atoms with Gasteiger partial charge in [-0.25, -0.2) is 8.42 Å². The first-order valence-electron chi connectivity index (χ1n) is 3.51. The topological polar surface area (TPSA) is 34.1 Å². The van der Waals surface area contributed by atoms with Gasteiger partial charge < -0.3 is 0 Å². The fourth-order valence-electron chi connectivity index (χ4n) is 0.851. The van der Waals surface area contributed by atoms with E-state index in [0.717, 1.165) is 5.56 Å². The fraction of sp³-hybridized carbons (Fsp3) is 0.111. The summed E-state index contributed by atoms with van der Waals surface area (Å²) in [6.07, 6.45) is 0. The molecule has 0 heterocycles. The van der Waals surface area contributed by atoms with Crippen LogP contribution in [0.25, 0.3) is 4.91 Å². The van der Waals surface area contributed by atoms with E-state index < -0.39 is 10.7 Å². The second-order valence-electron chi connectivity index (χ2n) is 2.57. The van der Waals surface area contributed by atoms with Crippen molar-refractivity contribution in [3.63, 3.8) is 0 Å². The van der Waals surface area contributed by atoms with Crippen molar-refractivity contribution in [1.29, 1.82) is 0 Å². The molecule has 0 N–H and O–H groups in total. The molecule has 0 amide bonds. The standard InChI is InChI=1S/C9H10O2S/c1-7-3-5-9(6-4-7)8(2)12(10)11/h3-6,12H,2H2,1H3. The van der Waals surface area contributed by atoms with Gasteiger partial charge in [-0.3, -0.25) is 0 Å². The summed E-state index contributed by atoms with van der Waals surface area (Å²) in [5, 5.41) is 0. The number of thiol groups is 1. The first-order valence-corrected chi connectivity index (χ1v) is 4.69. The van der Waals surface area contributed by atoms with Crippen LogP contribution in [0.5, 0.6) is 0 Å². The summed E-state index contributed by atoms with van der Waals surface area (Å²) >= 11 is 0. The summed E-state index contributed by atoms with van der Waals surface area (Å²) in [5.41, 5.74) is 1.77. The van der Waals surface area contributed by atoms with Crippen LogP contribution >= 0.6 is 0 Å². The first-order chi connectivity index (χ1) is 5.61. The fourth-order valence-corrected chi connectivity index (χ4v) is 1.21. The molecule has 0 radical (unpaired) electrons. The number of rotatable bonds is 2. The Morgan fingerprint density at radius 1 is 1.25 bits per heavy atom. The SMILES string of the molecule is C=C(c1ccc(C)cc1)[SH](=O)=O. The Bertz CT molecular complexity index is 353. The molecule has 1 rings (SSSR count). The molecule has 0 saturated carbocycles. The van der Waals surface area contributed by atoms with E-state index in [1.807, 2.05) is 19.1 Å². The highest BCUT2D eigenvalue weighted by Crippen LogP contribution is 2.12. The molecule has 0 saturated heterocycles. The van der Waals surface area contributed by atoms with Crippen LogP contribution in [0.15, 0.2) is 30.8 Å². The Balaban J connectivity index is 3.05. The van der Waals surface area contributed by atoms with Crippen LogP contribution in [-0.4, -0.2) is 8.42 Å². The van der Waals surface area contributed by atoms with E-state index in [2.05, 4.69) is 6.58 Å². The number of hydrogen-bond donors (Lipinski definition) is 1. The molecular formula is C9H10O2S. The van der Waals surface area contributed by atoms with Crippen LogP contribution in [0.2, 0.25) is 0 Å². The van der Waals surface area contributed by atoms with Crippen LogP contribution in [0.3, 0.4) is 0 Å². The largest absolute Gasteiger partial charge is 0.227 e. The molecule has 64 valence electrons. The van der Waals surface area contributed by atoms with E-state index in [9.17, 15) is 8.42 Å². The molecule has 2 nitrogen and oxygen atoms in total.